The summed E-state index contributed by atoms with van der Waals surface area (Å²) in [6.45, 7) is 0. The van der Waals surface area contributed by atoms with Gasteiger partial charge in [-0.15, -0.1) is 0 Å². The molecule has 3 aromatic carbocycles. The molecule has 29 heavy (non-hydrogen) atoms. The summed E-state index contributed by atoms with van der Waals surface area (Å²) in [7, 11) is 0. The average Bonchev–Trinajstić information content (AvgIpc) is 3.31. The summed E-state index contributed by atoms with van der Waals surface area (Å²) in [6, 6.07) is 27.1. The van der Waals surface area contributed by atoms with Gasteiger partial charge in [-0.3, -0.25) is 20.3 Å². The van der Waals surface area contributed by atoms with Crippen molar-refractivity contribution in [3.8, 4) is 0 Å². The zero-order chi connectivity index (χ0) is 19.9. The second kappa shape index (κ2) is 9.07. The maximum atomic E-state index is 12.9. The third-order valence-electron chi connectivity index (χ3n) is 4.23. The molecule has 4 aromatic rings. The number of benzene rings is 3. The van der Waals surface area contributed by atoms with Gasteiger partial charge >= 0.3 is 0 Å². The number of aromatic amines is 1. The van der Waals surface area contributed by atoms with Crippen molar-refractivity contribution in [1.82, 2.24) is 20.6 Å². The number of hydrazine groups is 1. The summed E-state index contributed by atoms with van der Waals surface area (Å²) in [4.78, 5) is 17.0. The highest BCUT2D eigenvalue weighted by Crippen LogP contribution is 2.23. The molecule has 144 valence electrons. The van der Waals surface area contributed by atoms with Crippen LogP contribution in [0.25, 0.3) is 0 Å². The van der Waals surface area contributed by atoms with Crippen LogP contribution in [0.5, 0.6) is 0 Å². The lowest BCUT2D eigenvalue weighted by Crippen LogP contribution is -2.38. The largest absolute Gasteiger partial charge is 0.270 e. The van der Waals surface area contributed by atoms with E-state index in [-0.39, 0.29) is 5.91 Å². The second-order valence-electron chi connectivity index (χ2n) is 6.22. The third kappa shape index (κ3) is 4.83. The van der Waals surface area contributed by atoms with Crippen molar-refractivity contribution in [3.05, 3.63) is 102 Å². The molecule has 2 N–H and O–H groups in total. The predicted molar refractivity (Wildman–Crippen MR) is 115 cm³/mol. The number of anilines is 2. The van der Waals surface area contributed by atoms with Gasteiger partial charge in [-0.1, -0.05) is 60.3 Å². The van der Waals surface area contributed by atoms with Crippen LogP contribution < -0.4 is 10.4 Å². The quantitative estimate of drug-likeness (QED) is 0.350. The Hall–Kier alpha value is -3.58. The van der Waals surface area contributed by atoms with Crippen molar-refractivity contribution in [2.45, 2.75) is 10.9 Å². The van der Waals surface area contributed by atoms with E-state index in [4.69, 9.17) is 0 Å². The first kappa shape index (κ1) is 18.8. The Bertz CT molecular complexity index is 998. The van der Waals surface area contributed by atoms with Crippen molar-refractivity contribution in [3.63, 3.8) is 0 Å². The molecule has 0 fully saturated rings. The Morgan fingerprint density at radius 2 is 1.52 bits per heavy atom. The van der Waals surface area contributed by atoms with E-state index >= 15 is 0 Å². The maximum absolute atomic E-state index is 12.9. The van der Waals surface area contributed by atoms with E-state index in [9.17, 15) is 4.79 Å². The van der Waals surface area contributed by atoms with E-state index < -0.39 is 0 Å². The molecule has 0 bridgehead atoms. The number of para-hydroxylation sites is 2. The van der Waals surface area contributed by atoms with Crippen molar-refractivity contribution in [2.75, 3.05) is 5.01 Å². The number of thioether (sulfide) groups is 1. The van der Waals surface area contributed by atoms with Crippen molar-refractivity contribution < 1.29 is 4.79 Å². The maximum Gasteiger partial charge on any atom is 0.270 e. The number of carbonyl (C=O) groups excluding carboxylic acids is 1. The van der Waals surface area contributed by atoms with Gasteiger partial charge in [0.25, 0.3) is 5.91 Å². The van der Waals surface area contributed by atoms with Crippen LogP contribution >= 0.6 is 11.8 Å². The SMILES string of the molecule is O=C(NN(c1ccccc1)c1ccccc1)c1ccc(CSc2ncn[nH]2)cc1. The molecular weight excluding hydrogens is 382 g/mol. The lowest BCUT2D eigenvalue weighted by Gasteiger charge is -2.25. The lowest BCUT2D eigenvalue weighted by atomic mass is 10.1. The van der Waals surface area contributed by atoms with Gasteiger partial charge in [-0.2, -0.15) is 5.10 Å². The van der Waals surface area contributed by atoms with Gasteiger partial charge in [-0.05, 0) is 42.0 Å². The number of H-pyrrole nitrogens is 1. The molecule has 0 saturated carbocycles. The minimum atomic E-state index is -0.174. The number of carbonyl (C=O) groups is 1. The summed E-state index contributed by atoms with van der Waals surface area (Å²) in [5, 5.41) is 9.22. The first-order chi connectivity index (χ1) is 14.3. The number of hydrogen-bond acceptors (Lipinski definition) is 5. The lowest BCUT2D eigenvalue weighted by molar-refractivity contribution is 0.0953. The molecule has 0 saturated heterocycles. The van der Waals surface area contributed by atoms with Crippen LogP contribution in [0, 0.1) is 0 Å². The van der Waals surface area contributed by atoms with Gasteiger partial charge < -0.3 is 0 Å². The molecular formula is C22H19N5OS. The number of amides is 1. The molecule has 4 rings (SSSR count). The fraction of sp³-hybridized carbons (Fsp3) is 0.0455. The highest BCUT2D eigenvalue weighted by Gasteiger charge is 2.14. The van der Waals surface area contributed by atoms with E-state index in [1.54, 1.807) is 16.8 Å². The van der Waals surface area contributed by atoms with E-state index in [0.717, 1.165) is 27.8 Å². The van der Waals surface area contributed by atoms with Crippen LogP contribution in [0.3, 0.4) is 0 Å². The normalized spacial score (nSPS) is 10.5. The Balaban J connectivity index is 1.47. The molecule has 1 amide bonds. The van der Waals surface area contributed by atoms with Crippen molar-refractivity contribution in [1.29, 1.82) is 0 Å². The number of nitrogens with one attached hydrogen (secondary N) is 2. The molecule has 7 heteroatoms. The Kier molecular flexibility index (Phi) is 5.87. The Labute approximate surface area is 173 Å². The zero-order valence-corrected chi connectivity index (χ0v) is 16.3. The fourth-order valence-electron chi connectivity index (χ4n) is 2.77. The smallest absolute Gasteiger partial charge is 0.267 e. The third-order valence-corrected chi connectivity index (χ3v) is 5.17. The van der Waals surface area contributed by atoms with Gasteiger partial charge in [-0.25, -0.2) is 4.98 Å². The molecule has 6 nitrogen and oxygen atoms in total. The topological polar surface area (TPSA) is 73.9 Å². The number of aromatic nitrogens is 3. The molecule has 0 aliphatic carbocycles. The van der Waals surface area contributed by atoms with Gasteiger partial charge in [0.15, 0.2) is 5.16 Å². The zero-order valence-electron chi connectivity index (χ0n) is 15.5. The monoisotopic (exact) mass is 401 g/mol. The standard InChI is InChI=1S/C22H19N5OS/c28-21(18-13-11-17(12-14-18)15-29-22-23-16-24-25-22)26-27(19-7-3-1-4-8-19)20-9-5-2-6-10-20/h1-14,16H,15H2,(H,26,28)(H,23,24,25). The number of rotatable bonds is 7. The predicted octanol–water partition coefficient (Wildman–Crippen LogP) is 4.58. The van der Waals surface area contributed by atoms with Crippen LogP contribution in [0.15, 0.2) is 96.4 Å². The summed E-state index contributed by atoms with van der Waals surface area (Å²) in [5.41, 5.74) is 6.46. The molecule has 0 unspecified atom stereocenters. The average molecular weight is 401 g/mol. The summed E-state index contributed by atoms with van der Waals surface area (Å²) < 4.78 is 0. The summed E-state index contributed by atoms with van der Waals surface area (Å²) in [5.74, 6) is 0.573. The molecule has 1 aromatic heterocycles. The Morgan fingerprint density at radius 3 is 2.07 bits per heavy atom. The van der Waals surface area contributed by atoms with Gasteiger partial charge in [0.2, 0.25) is 0 Å². The highest BCUT2D eigenvalue weighted by molar-refractivity contribution is 7.98. The van der Waals surface area contributed by atoms with Gasteiger partial charge in [0.05, 0.1) is 11.4 Å². The molecule has 0 spiro atoms. The van der Waals surface area contributed by atoms with Crippen LogP contribution in [0.1, 0.15) is 15.9 Å². The van der Waals surface area contributed by atoms with Gasteiger partial charge in [0.1, 0.15) is 6.33 Å². The van der Waals surface area contributed by atoms with Crippen molar-refractivity contribution >= 4 is 29.0 Å². The first-order valence-corrected chi connectivity index (χ1v) is 10.1. The minimum Gasteiger partial charge on any atom is -0.267 e. The second-order valence-corrected chi connectivity index (χ2v) is 7.19. The van der Waals surface area contributed by atoms with Crippen LogP contribution in [-0.2, 0) is 5.75 Å². The number of nitrogens with zero attached hydrogens (tertiary/aromatic N) is 3. The molecule has 1 heterocycles. The molecule has 0 radical (unpaired) electrons. The van der Waals surface area contributed by atoms with E-state index in [1.165, 1.54) is 6.33 Å². The van der Waals surface area contributed by atoms with Crippen molar-refractivity contribution in [2.24, 2.45) is 0 Å². The van der Waals surface area contributed by atoms with Gasteiger partial charge in [0, 0.05) is 11.3 Å². The molecule has 0 atom stereocenters. The molecule has 0 aliphatic rings. The van der Waals surface area contributed by atoms with E-state index in [1.807, 2.05) is 84.9 Å². The van der Waals surface area contributed by atoms with E-state index in [0.29, 0.717) is 5.56 Å². The summed E-state index contributed by atoms with van der Waals surface area (Å²) >= 11 is 1.56. The molecule has 0 aliphatic heterocycles. The van der Waals surface area contributed by atoms with Crippen LogP contribution in [-0.4, -0.2) is 21.1 Å². The Morgan fingerprint density at radius 1 is 0.897 bits per heavy atom. The van der Waals surface area contributed by atoms with Crippen LogP contribution in [0.4, 0.5) is 11.4 Å². The first-order valence-electron chi connectivity index (χ1n) is 9.08. The summed E-state index contributed by atoms with van der Waals surface area (Å²) in [6.07, 6.45) is 1.49. The fourth-order valence-corrected chi connectivity index (χ4v) is 3.50. The minimum absolute atomic E-state index is 0.174. The van der Waals surface area contributed by atoms with E-state index in [2.05, 4.69) is 20.6 Å². The van der Waals surface area contributed by atoms with Crippen LogP contribution in [0.2, 0.25) is 0 Å². The number of hydrogen-bond donors (Lipinski definition) is 2. The highest BCUT2D eigenvalue weighted by atomic mass is 32.2.